The molecular weight excluding hydrogens is 435 g/mol. The van der Waals surface area contributed by atoms with E-state index >= 15 is 4.39 Å². The molecule has 7 nitrogen and oxygen atoms in total. The second kappa shape index (κ2) is 8.83. The molecule has 8 heteroatoms. The zero-order valence-corrected chi connectivity index (χ0v) is 19.6. The lowest BCUT2D eigenvalue weighted by Crippen LogP contribution is -2.52. The third-order valence-corrected chi connectivity index (χ3v) is 7.33. The molecule has 1 N–H and O–H groups in total. The fraction of sp³-hybridized carbons (Fsp3) is 0.423. The van der Waals surface area contributed by atoms with E-state index in [0.29, 0.717) is 30.8 Å². The number of piperazine rings is 1. The summed E-state index contributed by atoms with van der Waals surface area (Å²) in [7, 11) is 0. The van der Waals surface area contributed by atoms with Crippen LogP contribution in [-0.2, 0) is 22.7 Å². The van der Waals surface area contributed by atoms with Gasteiger partial charge in [-0.3, -0.25) is 24.6 Å². The van der Waals surface area contributed by atoms with Gasteiger partial charge in [-0.2, -0.15) is 0 Å². The molecule has 2 aromatic rings. The number of aryl methyl sites for hydroxylation is 2. The molecule has 2 aromatic carbocycles. The smallest absolute Gasteiger partial charge is 0.255 e. The maximum atomic E-state index is 15.1. The Hall–Kier alpha value is -3.26. The second-order valence-corrected chi connectivity index (χ2v) is 9.49. The van der Waals surface area contributed by atoms with Crippen LogP contribution in [0.3, 0.4) is 0 Å². The van der Waals surface area contributed by atoms with E-state index in [4.69, 9.17) is 0 Å². The van der Waals surface area contributed by atoms with Crippen molar-refractivity contribution >= 4 is 23.4 Å². The molecule has 3 amide bonds. The average molecular weight is 465 g/mol. The van der Waals surface area contributed by atoms with E-state index in [1.165, 1.54) is 27.7 Å². The van der Waals surface area contributed by atoms with E-state index in [-0.39, 0.29) is 24.8 Å². The molecule has 0 spiro atoms. The highest BCUT2D eigenvalue weighted by Crippen LogP contribution is 2.33. The molecule has 3 heterocycles. The topological polar surface area (TPSA) is 73.0 Å². The number of amides is 3. The van der Waals surface area contributed by atoms with E-state index in [0.717, 1.165) is 25.2 Å². The molecule has 5 rings (SSSR count). The molecule has 2 fully saturated rings. The van der Waals surface area contributed by atoms with Crippen molar-refractivity contribution in [2.45, 2.75) is 45.8 Å². The van der Waals surface area contributed by atoms with Gasteiger partial charge in [-0.05, 0) is 54.7 Å². The molecule has 178 valence electrons. The number of fused-ring (bicyclic) bond motifs is 1. The van der Waals surface area contributed by atoms with Crippen molar-refractivity contribution in [3.63, 3.8) is 0 Å². The molecule has 34 heavy (non-hydrogen) atoms. The summed E-state index contributed by atoms with van der Waals surface area (Å²) in [5.74, 6) is -1.55. The Labute approximate surface area is 198 Å². The van der Waals surface area contributed by atoms with Gasteiger partial charge >= 0.3 is 0 Å². The summed E-state index contributed by atoms with van der Waals surface area (Å²) < 4.78 is 15.1. The number of halogens is 1. The first-order chi connectivity index (χ1) is 16.3. The van der Waals surface area contributed by atoms with Gasteiger partial charge in [-0.15, -0.1) is 0 Å². The lowest BCUT2D eigenvalue weighted by molar-refractivity contribution is -0.136. The molecule has 0 radical (unpaired) electrons. The number of rotatable bonds is 4. The minimum Gasteiger partial charge on any atom is -0.367 e. The van der Waals surface area contributed by atoms with Gasteiger partial charge in [0.15, 0.2) is 0 Å². The monoisotopic (exact) mass is 464 g/mol. The van der Waals surface area contributed by atoms with Gasteiger partial charge < -0.3 is 9.80 Å². The van der Waals surface area contributed by atoms with Crippen molar-refractivity contribution in [3.8, 4) is 0 Å². The first-order valence-corrected chi connectivity index (χ1v) is 11.8. The summed E-state index contributed by atoms with van der Waals surface area (Å²) in [6.07, 6.45) is 0.491. The fourth-order valence-corrected chi connectivity index (χ4v) is 5.29. The normalized spacial score (nSPS) is 21.1. The van der Waals surface area contributed by atoms with Crippen LogP contribution in [0.15, 0.2) is 30.3 Å². The Bertz CT molecular complexity index is 1150. The molecule has 3 aliphatic rings. The SMILES string of the molecule is Cc1cccc(C)c1CN1CCN(c2cc3c(cc2F)C(=O)N(C2CCC(=O)NC2=O)C3)CC1. The zero-order chi connectivity index (χ0) is 24.0. The van der Waals surface area contributed by atoms with E-state index in [2.05, 4.69) is 42.3 Å². The molecule has 2 saturated heterocycles. The summed E-state index contributed by atoms with van der Waals surface area (Å²) in [5, 5.41) is 2.30. The molecule has 0 aliphatic carbocycles. The molecule has 0 bridgehead atoms. The number of carbonyl (C=O) groups is 3. The average Bonchev–Trinajstić information content (AvgIpc) is 3.11. The van der Waals surface area contributed by atoms with Gasteiger partial charge in [0.2, 0.25) is 11.8 Å². The van der Waals surface area contributed by atoms with Crippen molar-refractivity contribution in [2.75, 3.05) is 31.1 Å². The highest BCUT2D eigenvalue weighted by atomic mass is 19.1. The van der Waals surface area contributed by atoms with Crippen LogP contribution < -0.4 is 10.2 Å². The summed E-state index contributed by atoms with van der Waals surface area (Å²) >= 11 is 0. The number of nitrogens with one attached hydrogen (secondary N) is 1. The van der Waals surface area contributed by atoms with Crippen LogP contribution >= 0.6 is 0 Å². The van der Waals surface area contributed by atoms with Crippen molar-refractivity contribution in [2.24, 2.45) is 0 Å². The predicted octanol–water partition coefficient (Wildman–Crippen LogP) is 2.53. The number of piperidine rings is 1. The van der Waals surface area contributed by atoms with Crippen LogP contribution in [0.4, 0.5) is 10.1 Å². The van der Waals surface area contributed by atoms with Crippen LogP contribution in [0, 0.1) is 19.7 Å². The summed E-state index contributed by atoms with van der Waals surface area (Å²) in [4.78, 5) is 42.5. The molecule has 1 unspecified atom stereocenters. The van der Waals surface area contributed by atoms with Crippen LogP contribution in [0.1, 0.15) is 45.5 Å². The van der Waals surface area contributed by atoms with Crippen molar-refractivity contribution < 1.29 is 18.8 Å². The molecule has 0 saturated carbocycles. The van der Waals surface area contributed by atoms with Gasteiger partial charge in [0, 0.05) is 51.3 Å². The fourth-order valence-electron chi connectivity index (χ4n) is 5.29. The quantitative estimate of drug-likeness (QED) is 0.704. The second-order valence-electron chi connectivity index (χ2n) is 9.49. The molecule has 1 atom stereocenters. The largest absolute Gasteiger partial charge is 0.367 e. The summed E-state index contributed by atoms with van der Waals surface area (Å²) in [6.45, 7) is 8.46. The standard InChI is InChI=1S/C26H29FN4O3/c1-16-4-3-5-17(2)20(16)15-29-8-10-30(11-9-29)23-12-18-14-31(26(34)19(18)13-21(23)27)22-6-7-24(32)28-25(22)33/h3-5,12-13,22H,6-11,14-15H2,1-2H3,(H,28,32,33). The van der Waals surface area contributed by atoms with Crippen LogP contribution in [0.2, 0.25) is 0 Å². The van der Waals surface area contributed by atoms with Crippen molar-refractivity contribution in [3.05, 3.63) is 64.0 Å². The number of benzene rings is 2. The minimum atomic E-state index is -0.697. The number of hydrogen-bond acceptors (Lipinski definition) is 5. The highest BCUT2D eigenvalue weighted by molar-refractivity contribution is 6.05. The van der Waals surface area contributed by atoms with E-state index < -0.39 is 17.8 Å². The summed E-state index contributed by atoms with van der Waals surface area (Å²) in [6, 6.07) is 8.72. The lowest BCUT2D eigenvalue weighted by atomic mass is 10.0. The third-order valence-electron chi connectivity index (χ3n) is 7.33. The van der Waals surface area contributed by atoms with E-state index in [1.807, 2.05) is 4.90 Å². The first kappa shape index (κ1) is 22.5. The van der Waals surface area contributed by atoms with Crippen LogP contribution in [0.25, 0.3) is 0 Å². The van der Waals surface area contributed by atoms with Crippen LogP contribution in [-0.4, -0.2) is 59.7 Å². The van der Waals surface area contributed by atoms with Gasteiger partial charge in [0.25, 0.3) is 5.91 Å². The Morgan fingerprint density at radius 3 is 2.41 bits per heavy atom. The predicted molar refractivity (Wildman–Crippen MR) is 126 cm³/mol. The van der Waals surface area contributed by atoms with Gasteiger partial charge in [-0.25, -0.2) is 4.39 Å². The number of imide groups is 1. The maximum absolute atomic E-state index is 15.1. The van der Waals surface area contributed by atoms with Crippen molar-refractivity contribution in [1.82, 2.24) is 15.1 Å². The maximum Gasteiger partial charge on any atom is 0.255 e. The molecule has 3 aliphatic heterocycles. The number of nitrogens with zero attached hydrogens (tertiary/aromatic N) is 3. The van der Waals surface area contributed by atoms with Crippen molar-refractivity contribution in [1.29, 1.82) is 0 Å². The number of hydrogen-bond donors (Lipinski definition) is 1. The van der Waals surface area contributed by atoms with Gasteiger partial charge in [-0.1, -0.05) is 18.2 Å². The van der Waals surface area contributed by atoms with Crippen LogP contribution in [0.5, 0.6) is 0 Å². The van der Waals surface area contributed by atoms with E-state index in [9.17, 15) is 14.4 Å². The van der Waals surface area contributed by atoms with Gasteiger partial charge in [0.1, 0.15) is 11.9 Å². The molecule has 0 aromatic heterocycles. The Kier molecular flexibility index (Phi) is 5.85. The first-order valence-electron chi connectivity index (χ1n) is 11.8. The summed E-state index contributed by atoms with van der Waals surface area (Å²) in [5.41, 5.74) is 5.47. The molecular formula is C26H29FN4O3. The minimum absolute atomic E-state index is 0.197. The van der Waals surface area contributed by atoms with Gasteiger partial charge in [0.05, 0.1) is 5.69 Å². The Morgan fingerprint density at radius 2 is 1.74 bits per heavy atom. The Balaban J connectivity index is 1.28. The van der Waals surface area contributed by atoms with E-state index in [1.54, 1.807) is 6.07 Å². The highest BCUT2D eigenvalue weighted by Gasteiger charge is 2.40. The third kappa shape index (κ3) is 4.07. The Morgan fingerprint density at radius 1 is 1.03 bits per heavy atom. The lowest BCUT2D eigenvalue weighted by Gasteiger charge is -2.36. The number of carbonyl (C=O) groups excluding carboxylic acids is 3. The number of anilines is 1. The zero-order valence-electron chi connectivity index (χ0n) is 19.6.